The lowest BCUT2D eigenvalue weighted by molar-refractivity contribution is 0.112. The lowest BCUT2D eigenvalue weighted by atomic mass is 9.91. The van der Waals surface area contributed by atoms with Gasteiger partial charge >= 0.3 is 0 Å². The number of aromatic nitrogens is 1. The van der Waals surface area contributed by atoms with Crippen molar-refractivity contribution in [1.82, 2.24) is 10.3 Å². The van der Waals surface area contributed by atoms with E-state index in [9.17, 15) is 4.79 Å². The summed E-state index contributed by atoms with van der Waals surface area (Å²) in [6.07, 6.45) is 2.93. The van der Waals surface area contributed by atoms with Gasteiger partial charge in [-0.1, -0.05) is 18.2 Å². The Balaban J connectivity index is 1.64. The number of pyridine rings is 1. The molecule has 1 saturated heterocycles. The molecule has 1 aliphatic heterocycles. The predicted octanol–water partition coefficient (Wildman–Crippen LogP) is 4.01. The third-order valence-electron chi connectivity index (χ3n) is 5.16. The molecule has 1 atom stereocenters. The van der Waals surface area contributed by atoms with Gasteiger partial charge in [-0.25, -0.2) is 0 Å². The van der Waals surface area contributed by atoms with Gasteiger partial charge in [0.1, 0.15) is 18.6 Å². The normalized spacial score (nSPS) is 19.6. The van der Waals surface area contributed by atoms with Crippen LogP contribution in [-0.4, -0.2) is 24.4 Å². The van der Waals surface area contributed by atoms with E-state index in [1.807, 2.05) is 24.3 Å². The van der Waals surface area contributed by atoms with E-state index < -0.39 is 0 Å². The molecule has 1 fully saturated rings. The van der Waals surface area contributed by atoms with Crippen LogP contribution in [0.5, 0.6) is 5.75 Å². The number of nitrogens with zero attached hydrogens (tertiary/aromatic N) is 1. The summed E-state index contributed by atoms with van der Waals surface area (Å²) in [6, 6.07) is 17.7. The van der Waals surface area contributed by atoms with Crippen LogP contribution in [0.15, 0.2) is 54.6 Å². The third kappa shape index (κ3) is 3.08. The van der Waals surface area contributed by atoms with Crippen molar-refractivity contribution in [2.75, 3.05) is 13.2 Å². The maximum absolute atomic E-state index is 10.8. The van der Waals surface area contributed by atoms with Crippen molar-refractivity contribution in [2.24, 2.45) is 0 Å². The molecule has 4 rings (SSSR count). The zero-order chi connectivity index (χ0) is 18.0. The largest absolute Gasteiger partial charge is 0.491 e. The Morgan fingerprint density at radius 3 is 2.73 bits per heavy atom. The highest BCUT2D eigenvalue weighted by molar-refractivity contribution is 5.82. The summed E-state index contributed by atoms with van der Waals surface area (Å²) in [5.41, 5.74) is 3.66. The summed E-state index contributed by atoms with van der Waals surface area (Å²) in [5, 5.41) is 4.82. The molecular formula is C22H22N2O2. The van der Waals surface area contributed by atoms with Crippen LogP contribution in [-0.2, 0) is 5.54 Å². The second kappa shape index (κ2) is 6.89. The van der Waals surface area contributed by atoms with Gasteiger partial charge in [-0.2, -0.15) is 0 Å². The molecule has 0 amide bonds. The molecule has 0 bridgehead atoms. The van der Waals surface area contributed by atoms with Crippen LogP contribution >= 0.6 is 0 Å². The Bertz CT molecular complexity index is 929. The summed E-state index contributed by atoms with van der Waals surface area (Å²) >= 11 is 0. The summed E-state index contributed by atoms with van der Waals surface area (Å²) in [6.45, 7) is 3.61. The van der Waals surface area contributed by atoms with Gasteiger partial charge in [0.15, 0.2) is 0 Å². The third-order valence-corrected chi connectivity index (χ3v) is 5.16. The molecule has 2 aromatic carbocycles. The lowest BCUT2D eigenvalue weighted by Crippen LogP contribution is -2.43. The van der Waals surface area contributed by atoms with E-state index in [-0.39, 0.29) is 5.54 Å². The average molecular weight is 346 g/mol. The quantitative estimate of drug-likeness (QED) is 0.709. The van der Waals surface area contributed by atoms with E-state index in [0.717, 1.165) is 42.6 Å². The van der Waals surface area contributed by atoms with Crippen molar-refractivity contribution >= 4 is 17.2 Å². The fourth-order valence-corrected chi connectivity index (χ4v) is 3.67. The van der Waals surface area contributed by atoms with E-state index in [1.165, 1.54) is 10.9 Å². The van der Waals surface area contributed by atoms with Gasteiger partial charge in [0.05, 0.1) is 16.7 Å². The van der Waals surface area contributed by atoms with Crippen molar-refractivity contribution in [2.45, 2.75) is 25.3 Å². The van der Waals surface area contributed by atoms with Crippen molar-refractivity contribution < 1.29 is 9.53 Å². The second-order valence-electron chi connectivity index (χ2n) is 6.93. The van der Waals surface area contributed by atoms with E-state index in [0.29, 0.717) is 12.2 Å². The van der Waals surface area contributed by atoms with Crippen molar-refractivity contribution in [3.05, 3.63) is 71.4 Å². The first-order valence-corrected chi connectivity index (χ1v) is 9.00. The summed E-state index contributed by atoms with van der Waals surface area (Å²) in [5.74, 6) is 0.765. The van der Waals surface area contributed by atoms with Gasteiger partial charge in [0.25, 0.3) is 0 Å². The van der Waals surface area contributed by atoms with Gasteiger partial charge in [-0.3, -0.25) is 9.78 Å². The fraction of sp³-hybridized carbons (Fsp3) is 0.273. The lowest BCUT2D eigenvalue weighted by Gasteiger charge is -2.29. The number of nitrogens with one attached hydrogen (secondary N) is 1. The van der Waals surface area contributed by atoms with Crippen molar-refractivity contribution in [3.8, 4) is 5.75 Å². The van der Waals surface area contributed by atoms with Gasteiger partial charge in [-0.05, 0) is 68.3 Å². The maximum atomic E-state index is 10.8. The smallest absolute Gasteiger partial charge is 0.150 e. The van der Waals surface area contributed by atoms with Gasteiger partial charge in [-0.15, -0.1) is 0 Å². The second-order valence-corrected chi connectivity index (χ2v) is 6.93. The number of aryl methyl sites for hydroxylation is 1. The number of carbonyl (C=O) groups is 1. The average Bonchev–Trinajstić information content (AvgIpc) is 3.17. The van der Waals surface area contributed by atoms with Crippen molar-refractivity contribution in [1.29, 1.82) is 0 Å². The first kappa shape index (κ1) is 16.7. The van der Waals surface area contributed by atoms with Gasteiger partial charge < -0.3 is 10.1 Å². The zero-order valence-electron chi connectivity index (χ0n) is 14.9. The minimum Gasteiger partial charge on any atom is -0.491 e. The molecule has 3 aromatic rings. The molecule has 132 valence electrons. The summed E-state index contributed by atoms with van der Waals surface area (Å²) in [7, 11) is 0. The molecule has 4 heteroatoms. The first-order valence-electron chi connectivity index (χ1n) is 9.00. The van der Waals surface area contributed by atoms with Crippen LogP contribution in [0.25, 0.3) is 10.9 Å². The first-order chi connectivity index (χ1) is 12.7. The Morgan fingerprint density at radius 1 is 1.19 bits per heavy atom. The number of hydrogen-bond acceptors (Lipinski definition) is 4. The number of fused-ring (bicyclic) bond motifs is 1. The molecule has 0 unspecified atom stereocenters. The number of aldehydes is 1. The Morgan fingerprint density at radius 2 is 2.00 bits per heavy atom. The van der Waals surface area contributed by atoms with E-state index in [2.05, 4.69) is 30.4 Å². The number of benzene rings is 2. The highest BCUT2D eigenvalue weighted by Crippen LogP contribution is 2.33. The van der Waals surface area contributed by atoms with Gasteiger partial charge in [0, 0.05) is 10.9 Å². The standard InChI is InChI=1S/C22H22N2O2/c1-16-13-21(24-20-6-3-2-5-19(16)20)22(11-4-12-23-22)15-26-18-9-7-17(14-25)8-10-18/h2-3,5-10,13-14,23H,4,11-12,15H2,1H3/t22-/m1/s1. The van der Waals surface area contributed by atoms with Crippen LogP contribution in [0.2, 0.25) is 0 Å². The molecule has 4 nitrogen and oxygen atoms in total. The van der Waals surface area contributed by atoms with E-state index >= 15 is 0 Å². The topological polar surface area (TPSA) is 51.2 Å². The Hall–Kier alpha value is -2.72. The molecule has 0 aliphatic carbocycles. The van der Waals surface area contributed by atoms with E-state index in [1.54, 1.807) is 12.1 Å². The molecule has 2 heterocycles. The monoisotopic (exact) mass is 346 g/mol. The number of ether oxygens (including phenoxy) is 1. The fourth-order valence-electron chi connectivity index (χ4n) is 3.67. The number of para-hydroxylation sites is 1. The van der Waals surface area contributed by atoms with Crippen LogP contribution in [0.3, 0.4) is 0 Å². The maximum Gasteiger partial charge on any atom is 0.150 e. The molecule has 0 saturated carbocycles. The minimum absolute atomic E-state index is 0.280. The molecule has 0 radical (unpaired) electrons. The van der Waals surface area contributed by atoms with Gasteiger partial charge in [0.2, 0.25) is 0 Å². The van der Waals surface area contributed by atoms with E-state index in [4.69, 9.17) is 9.72 Å². The molecule has 1 N–H and O–H groups in total. The SMILES string of the molecule is Cc1cc([C@]2(COc3ccc(C=O)cc3)CCCN2)nc2ccccc12. The number of hydrogen-bond donors (Lipinski definition) is 1. The summed E-state index contributed by atoms with van der Waals surface area (Å²) in [4.78, 5) is 15.7. The number of carbonyl (C=O) groups excluding carboxylic acids is 1. The molecule has 0 spiro atoms. The summed E-state index contributed by atoms with van der Waals surface area (Å²) < 4.78 is 6.08. The Labute approximate surface area is 153 Å². The van der Waals surface area contributed by atoms with Crippen LogP contribution in [0, 0.1) is 6.92 Å². The van der Waals surface area contributed by atoms with Crippen molar-refractivity contribution in [3.63, 3.8) is 0 Å². The zero-order valence-corrected chi connectivity index (χ0v) is 14.9. The van der Waals surface area contributed by atoms with Crippen LogP contribution in [0.4, 0.5) is 0 Å². The molecule has 1 aromatic heterocycles. The molecule has 1 aliphatic rings. The minimum atomic E-state index is -0.280. The number of rotatable bonds is 5. The van der Waals surface area contributed by atoms with Crippen LogP contribution < -0.4 is 10.1 Å². The predicted molar refractivity (Wildman–Crippen MR) is 103 cm³/mol. The molecule has 26 heavy (non-hydrogen) atoms. The highest BCUT2D eigenvalue weighted by Gasteiger charge is 2.38. The Kier molecular flexibility index (Phi) is 4.43. The highest BCUT2D eigenvalue weighted by atomic mass is 16.5. The molecular weight excluding hydrogens is 324 g/mol. The van der Waals surface area contributed by atoms with Crippen LogP contribution in [0.1, 0.15) is 34.5 Å².